The molecule has 0 radical (unpaired) electrons. The molecule has 1 atom stereocenters. The first kappa shape index (κ1) is 18.8. The molecule has 1 aliphatic rings. The largest absolute Gasteiger partial charge is 0.491 e. The van der Waals surface area contributed by atoms with E-state index in [1.807, 2.05) is 48.7 Å². The fourth-order valence-electron chi connectivity index (χ4n) is 4.00. The molecule has 28 heavy (non-hydrogen) atoms. The molecule has 2 heterocycles. The molecule has 0 saturated carbocycles. The summed E-state index contributed by atoms with van der Waals surface area (Å²) < 4.78 is 5.43. The molecule has 0 spiro atoms. The lowest BCUT2D eigenvalue weighted by Gasteiger charge is -2.20. The van der Waals surface area contributed by atoms with Crippen molar-refractivity contribution in [1.29, 1.82) is 0 Å². The Labute approximate surface area is 164 Å². The summed E-state index contributed by atoms with van der Waals surface area (Å²) in [5.41, 5.74) is 9.67. The van der Waals surface area contributed by atoms with Gasteiger partial charge in [-0.1, -0.05) is 36.4 Å². The van der Waals surface area contributed by atoms with E-state index in [2.05, 4.69) is 4.98 Å². The zero-order valence-electron chi connectivity index (χ0n) is 15.7. The Kier molecular flexibility index (Phi) is 5.53. The molecule has 6 heteroatoms. The lowest BCUT2D eigenvalue weighted by Crippen LogP contribution is -2.36. The maximum absolute atomic E-state index is 13.1. The Morgan fingerprint density at radius 1 is 1.25 bits per heavy atom. The highest BCUT2D eigenvalue weighted by atomic mass is 16.5. The van der Waals surface area contributed by atoms with Gasteiger partial charge in [0.05, 0.1) is 5.92 Å². The van der Waals surface area contributed by atoms with Gasteiger partial charge < -0.3 is 15.4 Å². The number of Topliss-reactive ketones (excluding diaryl/α,β-unsaturated/α-hetero) is 1. The summed E-state index contributed by atoms with van der Waals surface area (Å²) in [5.74, 6) is -0.308. The predicted octanol–water partition coefficient (Wildman–Crippen LogP) is 1.74. The van der Waals surface area contributed by atoms with Gasteiger partial charge in [-0.2, -0.15) is 0 Å². The number of nitrogens with zero attached hydrogens (tertiary/aromatic N) is 1. The third-order valence-electron chi connectivity index (χ3n) is 5.44. The highest BCUT2D eigenvalue weighted by Gasteiger charge is 2.29. The van der Waals surface area contributed by atoms with Gasteiger partial charge in [0.2, 0.25) is 0 Å². The monoisotopic (exact) mass is 374 g/mol. The van der Waals surface area contributed by atoms with E-state index in [0.29, 0.717) is 13.0 Å². The van der Waals surface area contributed by atoms with Crippen LogP contribution in [0.4, 0.5) is 0 Å². The number of carbonyl (C=O) groups is 1. The van der Waals surface area contributed by atoms with Gasteiger partial charge in [-0.25, -0.2) is 0 Å². The van der Waals surface area contributed by atoms with Crippen LogP contribution in [0.5, 0.6) is 0 Å². The van der Waals surface area contributed by atoms with Crippen molar-refractivity contribution in [3.63, 3.8) is 0 Å². The first-order valence-electron chi connectivity index (χ1n) is 9.64. The molecule has 0 bridgehead atoms. The molecule has 0 aliphatic carbocycles. The molecule has 1 aromatic heterocycles. The average molecular weight is 374 g/mol. The van der Waals surface area contributed by atoms with Crippen molar-refractivity contribution in [2.24, 2.45) is 5.73 Å². The number of carbonyl (C=O) groups excluding carboxylic acids is 1. The number of ketones is 1. The van der Waals surface area contributed by atoms with Crippen LogP contribution < -0.4 is 11.2 Å². The van der Waals surface area contributed by atoms with Gasteiger partial charge in [-0.05, 0) is 46.4 Å². The van der Waals surface area contributed by atoms with Crippen LogP contribution in [0.25, 0.3) is 10.8 Å². The summed E-state index contributed by atoms with van der Waals surface area (Å²) in [5, 5.41) is 12.4. The maximum Gasteiger partial charge on any atom is 0.491 e. The van der Waals surface area contributed by atoms with Crippen molar-refractivity contribution in [1.82, 2.24) is 4.98 Å². The molecule has 5 nitrogen and oxygen atoms in total. The molecule has 4 rings (SSSR count). The molecule has 1 aliphatic heterocycles. The number of benzene rings is 2. The van der Waals surface area contributed by atoms with E-state index in [4.69, 9.17) is 10.4 Å². The fraction of sp³-hybridized carbons (Fsp3) is 0.273. The van der Waals surface area contributed by atoms with E-state index in [0.717, 1.165) is 45.8 Å². The summed E-state index contributed by atoms with van der Waals surface area (Å²) in [4.78, 5) is 17.3. The topological polar surface area (TPSA) is 85.4 Å². The third-order valence-corrected chi connectivity index (χ3v) is 5.44. The van der Waals surface area contributed by atoms with Crippen LogP contribution in [-0.4, -0.2) is 36.1 Å². The van der Waals surface area contributed by atoms with Gasteiger partial charge in [0.25, 0.3) is 0 Å². The lowest BCUT2D eigenvalue weighted by molar-refractivity contribution is -0.119. The number of fused-ring (bicyclic) bond motifs is 2. The van der Waals surface area contributed by atoms with E-state index in [1.165, 1.54) is 0 Å². The van der Waals surface area contributed by atoms with Crippen molar-refractivity contribution >= 4 is 29.1 Å². The Morgan fingerprint density at radius 3 is 3.00 bits per heavy atom. The standard InChI is InChI=1S/C22H23BN2O3/c24-13-20(18-3-1-5-21-19(18)4-2-10-28-23(21)27)22(26)12-15-6-7-17-14-25-9-8-16(17)11-15/h1,3,5-9,11,14,20,27H,2,4,10,12-13,24H2. The van der Waals surface area contributed by atoms with Gasteiger partial charge >= 0.3 is 7.12 Å². The van der Waals surface area contributed by atoms with Crippen LogP contribution in [0.3, 0.4) is 0 Å². The average Bonchev–Trinajstić information content (AvgIpc) is 2.91. The van der Waals surface area contributed by atoms with Crippen LogP contribution in [-0.2, 0) is 22.3 Å². The fourth-order valence-corrected chi connectivity index (χ4v) is 4.00. The van der Waals surface area contributed by atoms with Gasteiger partial charge in [-0.3, -0.25) is 9.78 Å². The van der Waals surface area contributed by atoms with E-state index < -0.39 is 13.0 Å². The van der Waals surface area contributed by atoms with Crippen LogP contribution in [0.15, 0.2) is 54.9 Å². The number of hydrogen-bond donors (Lipinski definition) is 2. The summed E-state index contributed by atoms with van der Waals surface area (Å²) in [6.07, 6.45) is 5.48. The van der Waals surface area contributed by atoms with Crippen molar-refractivity contribution in [3.8, 4) is 0 Å². The lowest BCUT2D eigenvalue weighted by atomic mass is 9.73. The maximum atomic E-state index is 13.1. The second-order valence-electron chi connectivity index (χ2n) is 7.23. The van der Waals surface area contributed by atoms with E-state index >= 15 is 0 Å². The molecule has 142 valence electrons. The van der Waals surface area contributed by atoms with Gasteiger partial charge in [0.15, 0.2) is 0 Å². The van der Waals surface area contributed by atoms with E-state index in [9.17, 15) is 9.82 Å². The van der Waals surface area contributed by atoms with Gasteiger partial charge in [0.1, 0.15) is 5.78 Å². The highest BCUT2D eigenvalue weighted by Crippen LogP contribution is 2.25. The van der Waals surface area contributed by atoms with E-state index in [-0.39, 0.29) is 12.3 Å². The van der Waals surface area contributed by atoms with Crippen LogP contribution in [0.1, 0.15) is 29.0 Å². The van der Waals surface area contributed by atoms with Crippen molar-refractivity contribution in [2.45, 2.75) is 25.2 Å². The van der Waals surface area contributed by atoms with Crippen molar-refractivity contribution < 1.29 is 14.5 Å². The van der Waals surface area contributed by atoms with Crippen molar-refractivity contribution in [2.75, 3.05) is 13.2 Å². The first-order valence-corrected chi connectivity index (χ1v) is 9.64. The molecule has 3 aromatic rings. The minimum absolute atomic E-state index is 0.0870. The number of pyridine rings is 1. The van der Waals surface area contributed by atoms with Gasteiger partial charge in [-0.15, -0.1) is 0 Å². The van der Waals surface area contributed by atoms with Crippen LogP contribution in [0, 0.1) is 0 Å². The van der Waals surface area contributed by atoms with Crippen molar-refractivity contribution in [3.05, 3.63) is 71.5 Å². The Hall–Kier alpha value is -2.54. The summed E-state index contributed by atoms with van der Waals surface area (Å²) in [7, 11) is -0.944. The smallest absolute Gasteiger partial charge is 0.423 e. The number of aromatic nitrogens is 1. The summed E-state index contributed by atoms with van der Waals surface area (Å²) in [6, 6.07) is 13.6. The molecule has 3 N–H and O–H groups in total. The molecular weight excluding hydrogens is 351 g/mol. The highest BCUT2D eigenvalue weighted by molar-refractivity contribution is 6.60. The third kappa shape index (κ3) is 3.71. The van der Waals surface area contributed by atoms with Crippen LogP contribution >= 0.6 is 0 Å². The molecular formula is C22H23BN2O3. The number of hydrogen-bond acceptors (Lipinski definition) is 5. The Bertz CT molecular complexity index is 1010. The molecule has 0 fully saturated rings. The predicted molar refractivity (Wildman–Crippen MR) is 111 cm³/mol. The molecule has 0 saturated heterocycles. The Balaban J connectivity index is 1.63. The van der Waals surface area contributed by atoms with Crippen LogP contribution in [0.2, 0.25) is 0 Å². The quantitative estimate of drug-likeness (QED) is 0.665. The second-order valence-corrected chi connectivity index (χ2v) is 7.23. The zero-order valence-corrected chi connectivity index (χ0v) is 15.7. The summed E-state index contributed by atoms with van der Waals surface area (Å²) in [6.45, 7) is 0.742. The first-order chi connectivity index (χ1) is 13.7. The normalized spacial score (nSPS) is 15.1. The molecule has 1 unspecified atom stereocenters. The molecule has 0 amide bonds. The summed E-state index contributed by atoms with van der Waals surface area (Å²) >= 11 is 0. The zero-order chi connectivity index (χ0) is 19.5. The SMILES string of the molecule is NCC(C(=O)Cc1ccc2cnccc2c1)c1cccc2c1CCCOB2O. The van der Waals surface area contributed by atoms with E-state index in [1.54, 1.807) is 6.20 Å². The minimum atomic E-state index is -0.944. The molecule has 2 aromatic carbocycles. The minimum Gasteiger partial charge on any atom is -0.423 e. The van der Waals surface area contributed by atoms with Gasteiger partial charge in [0, 0.05) is 37.4 Å². The second kappa shape index (κ2) is 8.23. The number of rotatable bonds is 5. The number of nitrogens with two attached hydrogens (primary N) is 1. The Morgan fingerprint density at radius 2 is 2.14 bits per heavy atom.